The zero-order valence-electron chi connectivity index (χ0n) is 14.9. The lowest BCUT2D eigenvalue weighted by Gasteiger charge is -2.12. The lowest BCUT2D eigenvalue weighted by atomic mass is 10.2. The van der Waals surface area contributed by atoms with Gasteiger partial charge in [0.15, 0.2) is 17.4 Å². The third-order valence-corrected chi connectivity index (χ3v) is 5.03. The molecule has 0 radical (unpaired) electrons. The number of H-pyrrole nitrogens is 1. The summed E-state index contributed by atoms with van der Waals surface area (Å²) in [7, 11) is 0. The van der Waals surface area contributed by atoms with Gasteiger partial charge in [-0.1, -0.05) is 0 Å². The van der Waals surface area contributed by atoms with Gasteiger partial charge in [0.25, 0.3) is 5.62 Å². The maximum atomic E-state index is 9.89. The van der Waals surface area contributed by atoms with Gasteiger partial charge >= 0.3 is 0 Å². The van der Waals surface area contributed by atoms with Crippen molar-refractivity contribution < 1.29 is 10.2 Å². The van der Waals surface area contributed by atoms with E-state index in [1.165, 1.54) is 18.9 Å². The number of nitrogens with zero attached hydrogens (tertiary/aromatic N) is 5. The number of rotatable bonds is 5. The normalized spacial score (nSPS) is 19.7. The summed E-state index contributed by atoms with van der Waals surface area (Å²) in [4.78, 5) is 16.3. The van der Waals surface area contributed by atoms with Crippen molar-refractivity contribution in [3.8, 4) is 11.8 Å². The van der Waals surface area contributed by atoms with Crippen LogP contribution in [0.4, 0.5) is 5.95 Å². The summed E-state index contributed by atoms with van der Waals surface area (Å²) in [6, 6.07) is 2.06. The second-order valence-corrected chi connectivity index (χ2v) is 7.42. The van der Waals surface area contributed by atoms with Crippen LogP contribution in [0.3, 0.4) is 0 Å². The summed E-state index contributed by atoms with van der Waals surface area (Å²) >= 11 is 0. The topological polar surface area (TPSA) is 124 Å². The zero-order valence-corrected chi connectivity index (χ0v) is 14.9. The quantitative estimate of drug-likeness (QED) is 0.526. The van der Waals surface area contributed by atoms with Gasteiger partial charge in [-0.15, -0.1) is 0 Å². The molecule has 4 N–H and O–H groups in total. The Morgan fingerprint density at radius 2 is 2.11 bits per heavy atom. The van der Waals surface area contributed by atoms with E-state index in [0.29, 0.717) is 46.0 Å². The molecule has 0 unspecified atom stereocenters. The SMILES string of the molecule is C[C@H](Nc1nc(=NC2CC2)n2ncc(=Cc3cc(O)[nH]c3O)c2n1)C1CC1. The molecular weight excluding hydrogens is 346 g/mol. The second kappa shape index (κ2) is 5.97. The summed E-state index contributed by atoms with van der Waals surface area (Å²) in [5.74, 6) is 1.00. The fraction of sp³-hybridized carbons (Fsp3) is 0.444. The first kappa shape index (κ1) is 16.1. The Kier molecular flexibility index (Phi) is 3.56. The van der Waals surface area contributed by atoms with E-state index in [0.717, 1.165) is 12.8 Å². The monoisotopic (exact) mass is 367 g/mol. The average Bonchev–Trinajstić information content (AvgIpc) is 3.53. The van der Waals surface area contributed by atoms with Crippen LogP contribution in [-0.2, 0) is 0 Å². The summed E-state index contributed by atoms with van der Waals surface area (Å²) in [5, 5.41) is 27.9. The number of hydrogen-bond donors (Lipinski definition) is 4. The molecule has 9 heteroatoms. The predicted molar refractivity (Wildman–Crippen MR) is 98.1 cm³/mol. The molecule has 5 rings (SSSR count). The zero-order chi connectivity index (χ0) is 18.5. The van der Waals surface area contributed by atoms with Gasteiger partial charge in [0.1, 0.15) is 0 Å². The van der Waals surface area contributed by atoms with Crippen molar-refractivity contribution in [2.75, 3.05) is 5.32 Å². The fourth-order valence-corrected chi connectivity index (χ4v) is 3.14. The van der Waals surface area contributed by atoms with Gasteiger partial charge in [-0.05, 0) is 44.6 Å². The van der Waals surface area contributed by atoms with Gasteiger partial charge in [0, 0.05) is 22.9 Å². The first-order valence-electron chi connectivity index (χ1n) is 9.25. The van der Waals surface area contributed by atoms with Gasteiger partial charge in [-0.2, -0.15) is 19.6 Å². The number of nitrogens with one attached hydrogen (secondary N) is 2. The number of aromatic amines is 1. The molecule has 2 saturated carbocycles. The van der Waals surface area contributed by atoms with Crippen molar-refractivity contribution >= 4 is 17.7 Å². The van der Waals surface area contributed by atoms with Crippen molar-refractivity contribution in [1.82, 2.24) is 24.6 Å². The van der Waals surface area contributed by atoms with Gasteiger partial charge < -0.3 is 15.5 Å². The Balaban J connectivity index is 1.65. The van der Waals surface area contributed by atoms with E-state index in [1.807, 2.05) is 0 Å². The average molecular weight is 367 g/mol. The van der Waals surface area contributed by atoms with Crippen molar-refractivity contribution in [1.29, 1.82) is 0 Å². The maximum absolute atomic E-state index is 9.89. The number of fused-ring (bicyclic) bond motifs is 1. The highest BCUT2D eigenvalue weighted by Gasteiger charge is 2.28. The molecular formula is C18H21N7O2. The highest BCUT2D eigenvalue weighted by molar-refractivity contribution is 5.61. The van der Waals surface area contributed by atoms with Gasteiger partial charge in [0.05, 0.1) is 12.2 Å². The molecule has 1 atom stereocenters. The Morgan fingerprint density at radius 3 is 2.78 bits per heavy atom. The highest BCUT2D eigenvalue weighted by atomic mass is 16.3. The van der Waals surface area contributed by atoms with E-state index in [9.17, 15) is 10.2 Å². The van der Waals surface area contributed by atoms with Gasteiger partial charge in [-0.3, -0.25) is 4.98 Å². The van der Waals surface area contributed by atoms with E-state index in [-0.39, 0.29) is 11.8 Å². The third-order valence-electron chi connectivity index (χ3n) is 5.03. The molecule has 3 aromatic rings. The molecule has 0 aliphatic heterocycles. The molecule has 27 heavy (non-hydrogen) atoms. The fourth-order valence-electron chi connectivity index (χ4n) is 3.14. The van der Waals surface area contributed by atoms with Crippen molar-refractivity contribution in [2.24, 2.45) is 10.9 Å². The van der Waals surface area contributed by atoms with Crippen LogP contribution in [0.2, 0.25) is 0 Å². The third kappa shape index (κ3) is 3.20. The number of hydrogen-bond acceptors (Lipinski definition) is 7. The van der Waals surface area contributed by atoms with Crippen molar-refractivity contribution in [3.05, 3.63) is 28.7 Å². The lowest BCUT2D eigenvalue weighted by molar-refractivity contribution is 0.425. The molecule has 0 bridgehead atoms. The van der Waals surface area contributed by atoms with Crippen LogP contribution in [0.15, 0.2) is 17.3 Å². The van der Waals surface area contributed by atoms with Crippen LogP contribution in [0.1, 0.15) is 38.2 Å². The predicted octanol–water partition coefficient (Wildman–Crippen LogP) is 0.685. The minimum atomic E-state index is -0.107. The van der Waals surface area contributed by atoms with Crippen LogP contribution in [0.5, 0.6) is 11.8 Å². The lowest BCUT2D eigenvalue weighted by Crippen LogP contribution is -2.27. The van der Waals surface area contributed by atoms with Crippen molar-refractivity contribution in [3.63, 3.8) is 0 Å². The molecule has 3 heterocycles. The molecule has 140 valence electrons. The number of aromatic nitrogens is 5. The Morgan fingerprint density at radius 1 is 1.30 bits per heavy atom. The summed E-state index contributed by atoms with van der Waals surface area (Å²) in [6.45, 7) is 2.15. The molecule has 3 aromatic heterocycles. The largest absolute Gasteiger partial charge is 0.494 e. The maximum Gasteiger partial charge on any atom is 0.251 e. The number of aromatic hydroxyl groups is 2. The molecule has 0 spiro atoms. The minimum Gasteiger partial charge on any atom is -0.494 e. The Bertz CT molecular complexity index is 1120. The van der Waals surface area contributed by atoms with Crippen LogP contribution in [0.25, 0.3) is 11.7 Å². The molecule has 2 aliphatic rings. The van der Waals surface area contributed by atoms with Crippen LogP contribution < -0.4 is 16.2 Å². The van der Waals surface area contributed by atoms with Gasteiger partial charge in [-0.25, -0.2) is 4.99 Å². The molecule has 0 saturated heterocycles. The van der Waals surface area contributed by atoms with E-state index in [2.05, 4.69) is 37.3 Å². The first-order chi connectivity index (χ1) is 13.1. The molecule has 0 aromatic carbocycles. The Labute approximate surface area is 154 Å². The second-order valence-electron chi connectivity index (χ2n) is 7.42. The van der Waals surface area contributed by atoms with Gasteiger partial charge in [0.2, 0.25) is 5.95 Å². The highest BCUT2D eigenvalue weighted by Crippen LogP contribution is 2.33. The first-order valence-corrected chi connectivity index (χ1v) is 9.25. The summed E-state index contributed by atoms with van der Waals surface area (Å²) in [6.07, 6.45) is 7.99. The molecule has 2 fully saturated rings. The standard InChI is InChI=1S/C18H21N7O2/c1-9(10-2-3-10)20-17-23-15-12(6-11-7-14(26)22-16(11)27)8-19-25(15)18(24-17)21-13-4-5-13/h6-10,13,22,26-27H,2-5H2,1H3,(H,20,21,24)/t9-/m0/s1. The van der Waals surface area contributed by atoms with Crippen molar-refractivity contribution in [2.45, 2.75) is 44.7 Å². The van der Waals surface area contributed by atoms with E-state index in [1.54, 1.807) is 16.8 Å². The Hall–Kier alpha value is -3.10. The molecule has 2 aliphatic carbocycles. The van der Waals surface area contributed by atoms with Crippen LogP contribution >= 0.6 is 0 Å². The molecule has 0 amide bonds. The van der Waals surface area contributed by atoms with Crippen LogP contribution in [0, 0.1) is 5.92 Å². The minimum absolute atomic E-state index is 0.102. The summed E-state index contributed by atoms with van der Waals surface area (Å²) in [5.41, 5.74) is 1.60. The smallest absolute Gasteiger partial charge is 0.251 e. The van der Waals surface area contributed by atoms with E-state index in [4.69, 9.17) is 0 Å². The summed E-state index contributed by atoms with van der Waals surface area (Å²) < 4.78 is 1.63. The van der Waals surface area contributed by atoms with E-state index < -0.39 is 0 Å². The van der Waals surface area contributed by atoms with E-state index >= 15 is 0 Å². The molecule has 9 nitrogen and oxygen atoms in total. The number of anilines is 1. The van der Waals surface area contributed by atoms with Crippen LogP contribution in [-0.4, -0.2) is 46.9 Å².